The number of nitro groups is 1. The Labute approximate surface area is 119 Å². The van der Waals surface area contributed by atoms with Gasteiger partial charge in [0, 0.05) is 24.9 Å². The second kappa shape index (κ2) is 5.42. The molecule has 1 amide bonds. The van der Waals surface area contributed by atoms with E-state index in [1.807, 2.05) is 6.07 Å². The van der Waals surface area contributed by atoms with Crippen molar-refractivity contribution in [2.24, 2.45) is 7.05 Å². The van der Waals surface area contributed by atoms with Gasteiger partial charge in [-0.1, -0.05) is 0 Å². The number of carbonyl (C=O) groups is 1. The van der Waals surface area contributed by atoms with Crippen LogP contribution in [0, 0.1) is 28.4 Å². The third-order valence-electron chi connectivity index (χ3n) is 3.06. The van der Waals surface area contributed by atoms with Crippen LogP contribution in [0.3, 0.4) is 0 Å². The summed E-state index contributed by atoms with van der Waals surface area (Å²) < 4.78 is 1.55. The lowest BCUT2D eigenvalue weighted by atomic mass is 10.1. The van der Waals surface area contributed by atoms with Crippen molar-refractivity contribution in [3.63, 3.8) is 0 Å². The number of non-ortho nitro benzene ring substituents is 1. The van der Waals surface area contributed by atoms with E-state index >= 15 is 0 Å². The normalized spacial score (nSPS) is 9.95. The molecule has 0 bridgehead atoms. The number of anilines is 1. The maximum atomic E-state index is 12.1. The first-order chi connectivity index (χ1) is 9.93. The van der Waals surface area contributed by atoms with Crippen LogP contribution < -0.4 is 5.32 Å². The number of aryl methyl sites for hydroxylation is 1. The lowest BCUT2D eigenvalue weighted by molar-refractivity contribution is -0.384. The van der Waals surface area contributed by atoms with E-state index in [2.05, 4.69) is 10.4 Å². The van der Waals surface area contributed by atoms with Crippen molar-refractivity contribution in [1.82, 2.24) is 9.78 Å². The van der Waals surface area contributed by atoms with Gasteiger partial charge in [0.15, 0.2) is 0 Å². The Morgan fingerprint density at radius 3 is 2.76 bits per heavy atom. The molecule has 0 radical (unpaired) electrons. The van der Waals surface area contributed by atoms with Gasteiger partial charge in [0.25, 0.3) is 11.6 Å². The van der Waals surface area contributed by atoms with Crippen LogP contribution in [-0.2, 0) is 7.05 Å². The lowest BCUT2D eigenvalue weighted by Crippen LogP contribution is -2.14. The minimum atomic E-state index is -0.599. The number of amides is 1. The molecular weight excluding hydrogens is 274 g/mol. The molecule has 8 heteroatoms. The number of hydrogen-bond donors (Lipinski definition) is 1. The number of nitriles is 1. The smallest absolute Gasteiger partial charge is 0.270 e. The zero-order valence-corrected chi connectivity index (χ0v) is 11.3. The van der Waals surface area contributed by atoms with Gasteiger partial charge >= 0.3 is 0 Å². The maximum absolute atomic E-state index is 12.1. The second-order valence-corrected chi connectivity index (χ2v) is 4.32. The van der Waals surface area contributed by atoms with Crippen LogP contribution >= 0.6 is 0 Å². The summed E-state index contributed by atoms with van der Waals surface area (Å²) in [6.45, 7) is 1.74. The summed E-state index contributed by atoms with van der Waals surface area (Å²) in [5.41, 5.74) is 1.09. The van der Waals surface area contributed by atoms with E-state index in [0.717, 1.165) is 6.07 Å². The number of benzene rings is 1. The molecule has 21 heavy (non-hydrogen) atoms. The fourth-order valence-electron chi connectivity index (χ4n) is 1.76. The number of nitro benzene ring substituents is 1. The molecule has 0 atom stereocenters. The van der Waals surface area contributed by atoms with Crippen LogP contribution in [0.5, 0.6) is 0 Å². The minimum Gasteiger partial charge on any atom is -0.321 e. The second-order valence-electron chi connectivity index (χ2n) is 4.32. The van der Waals surface area contributed by atoms with Crippen molar-refractivity contribution in [3.8, 4) is 6.07 Å². The molecule has 2 rings (SSSR count). The molecular formula is C13H11N5O3. The number of nitrogens with one attached hydrogen (secondary N) is 1. The Hall–Kier alpha value is -3.21. The molecule has 1 heterocycles. The Morgan fingerprint density at radius 2 is 2.24 bits per heavy atom. The third kappa shape index (κ3) is 2.71. The zero-order chi connectivity index (χ0) is 15.6. The number of carbonyl (C=O) groups excluding carboxylic acids is 1. The predicted octanol–water partition coefficient (Wildman–Crippen LogP) is 1.76. The number of nitrogens with zero attached hydrogens (tertiary/aromatic N) is 4. The molecule has 1 aromatic heterocycles. The molecule has 8 nitrogen and oxygen atoms in total. The predicted molar refractivity (Wildman–Crippen MR) is 73.7 cm³/mol. The molecule has 2 aromatic rings. The minimum absolute atomic E-state index is 0.0269. The topological polar surface area (TPSA) is 114 Å². The van der Waals surface area contributed by atoms with Gasteiger partial charge in [-0.3, -0.25) is 19.6 Å². The molecule has 1 N–H and O–H groups in total. The van der Waals surface area contributed by atoms with Gasteiger partial charge in [-0.25, -0.2) is 0 Å². The van der Waals surface area contributed by atoms with Crippen LogP contribution in [0.2, 0.25) is 0 Å². The molecule has 0 aliphatic heterocycles. The van der Waals surface area contributed by atoms with Gasteiger partial charge in [0.2, 0.25) is 0 Å². The average molecular weight is 285 g/mol. The summed E-state index contributed by atoms with van der Waals surface area (Å²) in [7, 11) is 1.71. The number of aromatic nitrogens is 2. The van der Waals surface area contributed by atoms with E-state index in [9.17, 15) is 14.9 Å². The van der Waals surface area contributed by atoms with Gasteiger partial charge in [0.05, 0.1) is 27.9 Å². The van der Waals surface area contributed by atoms with Crippen LogP contribution in [-0.4, -0.2) is 20.6 Å². The Morgan fingerprint density at radius 1 is 1.52 bits per heavy atom. The first-order valence-electron chi connectivity index (χ1n) is 5.92. The van der Waals surface area contributed by atoms with Gasteiger partial charge < -0.3 is 5.32 Å². The van der Waals surface area contributed by atoms with Crippen molar-refractivity contribution >= 4 is 17.3 Å². The maximum Gasteiger partial charge on any atom is 0.270 e. The Kier molecular flexibility index (Phi) is 3.67. The molecule has 0 saturated carbocycles. The average Bonchev–Trinajstić information content (AvgIpc) is 2.79. The van der Waals surface area contributed by atoms with E-state index in [-0.39, 0.29) is 16.9 Å². The van der Waals surface area contributed by atoms with Crippen LogP contribution in [0.15, 0.2) is 24.4 Å². The molecule has 0 aliphatic carbocycles. The summed E-state index contributed by atoms with van der Waals surface area (Å²) in [5, 5.41) is 26.2. The molecule has 0 aliphatic rings. The van der Waals surface area contributed by atoms with E-state index in [1.54, 1.807) is 18.7 Å². The van der Waals surface area contributed by atoms with Crippen LogP contribution in [0.1, 0.15) is 21.6 Å². The van der Waals surface area contributed by atoms with Gasteiger partial charge in [-0.05, 0) is 13.0 Å². The van der Waals surface area contributed by atoms with Crippen molar-refractivity contribution in [2.45, 2.75) is 6.92 Å². The van der Waals surface area contributed by atoms with Crippen molar-refractivity contribution < 1.29 is 9.72 Å². The first kappa shape index (κ1) is 14.2. The SMILES string of the molecule is Cc1c(C(=O)Nc2ccc([N+](=O)[O-])cc2C#N)cnn1C. The Bertz CT molecular complexity index is 773. The molecule has 0 fully saturated rings. The highest BCUT2D eigenvalue weighted by atomic mass is 16.6. The Balaban J connectivity index is 2.32. The fourth-order valence-corrected chi connectivity index (χ4v) is 1.76. The molecule has 0 unspecified atom stereocenters. The summed E-state index contributed by atoms with van der Waals surface area (Å²) in [6, 6.07) is 5.51. The molecule has 1 aromatic carbocycles. The van der Waals surface area contributed by atoms with E-state index in [0.29, 0.717) is 11.3 Å². The lowest BCUT2D eigenvalue weighted by Gasteiger charge is -2.06. The fraction of sp³-hybridized carbons (Fsp3) is 0.154. The largest absolute Gasteiger partial charge is 0.321 e. The van der Waals surface area contributed by atoms with E-state index in [4.69, 9.17) is 5.26 Å². The quantitative estimate of drug-likeness (QED) is 0.681. The van der Waals surface area contributed by atoms with E-state index < -0.39 is 10.8 Å². The van der Waals surface area contributed by atoms with Gasteiger partial charge in [0.1, 0.15) is 6.07 Å². The molecule has 0 spiro atoms. The summed E-state index contributed by atoms with van der Waals surface area (Å²) in [5.74, 6) is -0.425. The summed E-state index contributed by atoms with van der Waals surface area (Å²) in [6.07, 6.45) is 1.42. The molecule has 106 valence electrons. The third-order valence-corrected chi connectivity index (χ3v) is 3.06. The van der Waals surface area contributed by atoms with Crippen LogP contribution in [0.25, 0.3) is 0 Å². The monoisotopic (exact) mass is 285 g/mol. The highest BCUT2D eigenvalue weighted by Gasteiger charge is 2.16. The first-order valence-corrected chi connectivity index (χ1v) is 5.92. The van der Waals surface area contributed by atoms with Gasteiger partial charge in [-0.15, -0.1) is 0 Å². The van der Waals surface area contributed by atoms with Crippen molar-refractivity contribution in [3.05, 3.63) is 51.3 Å². The van der Waals surface area contributed by atoms with Crippen molar-refractivity contribution in [1.29, 1.82) is 5.26 Å². The van der Waals surface area contributed by atoms with Crippen molar-refractivity contribution in [2.75, 3.05) is 5.32 Å². The van der Waals surface area contributed by atoms with E-state index in [1.165, 1.54) is 18.3 Å². The highest BCUT2D eigenvalue weighted by molar-refractivity contribution is 6.05. The summed E-state index contributed by atoms with van der Waals surface area (Å²) in [4.78, 5) is 22.2. The van der Waals surface area contributed by atoms with Crippen LogP contribution in [0.4, 0.5) is 11.4 Å². The van der Waals surface area contributed by atoms with Gasteiger partial charge in [-0.2, -0.15) is 10.4 Å². The molecule has 0 saturated heterocycles. The zero-order valence-electron chi connectivity index (χ0n) is 11.3. The standard InChI is InChI=1S/C13H11N5O3/c1-8-11(7-15-17(8)2)13(19)16-12-4-3-10(18(20)21)5-9(12)6-14/h3-5,7H,1-2H3,(H,16,19). The highest BCUT2D eigenvalue weighted by Crippen LogP contribution is 2.22. The number of rotatable bonds is 3. The number of hydrogen-bond acceptors (Lipinski definition) is 5. The summed E-state index contributed by atoms with van der Waals surface area (Å²) >= 11 is 0.